The van der Waals surface area contributed by atoms with Crippen molar-refractivity contribution in [2.24, 2.45) is 0 Å². The highest BCUT2D eigenvalue weighted by Crippen LogP contribution is 2.19. The molecule has 0 saturated carbocycles. The van der Waals surface area contributed by atoms with Gasteiger partial charge in [-0.05, 0) is 31.9 Å². The Bertz CT molecular complexity index is 458. The average Bonchev–Trinajstić information content (AvgIpc) is 2.28. The Labute approximate surface area is 106 Å². The maximum atomic E-state index is 11.7. The number of anilines is 1. The van der Waals surface area contributed by atoms with Gasteiger partial charge in [-0.2, -0.15) is 0 Å². The van der Waals surface area contributed by atoms with E-state index in [2.05, 4.69) is 10.6 Å². The molecule has 3 N–H and O–H groups in total. The predicted molar refractivity (Wildman–Crippen MR) is 70.0 cm³/mol. The maximum absolute atomic E-state index is 11.7. The van der Waals surface area contributed by atoms with Crippen LogP contribution in [-0.4, -0.2) is 23.1 Å². The molecule has 5 nitrogen and oxygen atoms in total. The summed E-state index contributed by atoms with van der Waals surface area (Å²) in [5.74, 6) is -1.05. The van der Waals surface area contributed by atoms with Crippen LogP contribution in [0.15, 0.2) is 18.2 Å². The molecular weight excluding hydrogens is 232 g/mol. The smallest absolute Gasteiger partial charge is 0.338 e. The first kappa shape index (κ1) is 14.0. The Hall–Kier alpha value is -2.04. The lowest BCUT2D eigenvalue weighted by Crippen LogP contribution is -2.36. The highest BCUT2D eigenvalue weighted by molar-refractivity contribution is 6.01. The molecule has 0 aromatic heterocycles. The molecule has 1 rings (SSSR count). The summed E-state index contributed by atoms with van der Waals surface area (Å²) in [4.78, 5) is 22.8. The summed E-state index contributed by atoms with van der Waals surface area (Å²) in [5, 5.41) is 14.4. The van der Waals surface area contributed by atoms with E-state index in [-0.39, 0.29) is 11.6 Å². The van der Waals surface area contributed by atoms with E-state index in [1.165, 1.54) is 0 Å². The quantitative estimate of drug-likeness (QED) is 0.768. The van der Waals surface area contributed by atoms with Crippen molar-refractivity contribution < 1.29 is 14.7 Å². The summed E-state index contributed by atoms with van der Waals surface area (Å²) >= 11 is 0. The zero-order chi connectivity index (χ0) is 13.7. The first-order valence-electron chi connectivity index (χ1n) is 5.86. The van der Waals surface area contributed by atoms with Crippen molar-refractivity contribution in [1.82, 2.24) is 5.32 Å². The molecule has 0 aliphatic carbocycles. The molecule has 98 valence electrons. The molecule has 0 bridgehead atoms. The van der Waals surface area contributed by atoms with Gasteiger partial charge in [0.1, 0.15) is 0 Å². The lowest BCUT2D eigenvalue weighted by atomic mass is 10.1. The van der Waals surface area contributed by atoms with Crippen molar-refractivity contribution in [3.63, 3.8) is 0 Å². The fourth-order valence-electron chi connectivity index (χ4n) is 1.54. The largest absolute Gasteiger partial charge is 0.478 e. The number of benzene rings is 1. The molecule has 1 unspecified atom stereocenters. The lowest BCUT2D eigenvalue weighted by Gasteiger charge is -2.14. The number of hydrogen-bond acceptors (Lipinski definition) is 2. The Morgan fingerprint density at radius 3 is 2.61 bits per heavy atom. The minimum absolute atomic E-state index is 0.0445. The number of aryl methyl sites for hydroxylation is 1. The molecular formula is C13H18N2O3. The van der Waals surface area contributed by atoms with Gasteiger partial charge in [0.15, 0.2) is 0 Å². The number of amides is 2. The first-order valence-corrected chi connectivity index (χ1v) is 5.86. The van der Waals surface area contributed by atoms with Crippen molar-refractivity contribution >= 4 is 17.7 Å². The average molecular weight is 250 g/mol. The van der Waals surface area contributed by atoms with E-state index in [0.29, 0.717) is 11.3 Å². The van der Waals surface area contributed by atoms with Gasteiger partial charge in [0.2, 0.25) is 0 Å². The van der Waals surface area contributed by atoms with E-state index in [1.54, 1.807) is 25.1 Å². The monoisotopic (exact) mass is 250 g/mol. The number of hydrogen-bond donors (Lipinski definition) is 3. The Balaban J connectivity index is 2.88. The van der Waals surface area contributed by atoms with Crippen molar-refractivity contribution in [2.45, 2.75) is 33.2 Å². The standard InChI is InChI=1S/C13H18N2O3/c1-4-9(3)14-13(18)15-10-7-5-6-8(2)11(10)12(16)17/h5-7,9H,4H2,1-3H3,(H,16,17)(H2,14,15,18). The number of urea groups is 1. The number of carbonyl (C=O) groups is 2. The van der Waals surface area contributed by atoms with Gasteiger partial charge in [-0.3, -0.25) is 0 Å². The van der Waals surface area contributed by atoms with Crippen LogP contribution in [-0.2, 0) is 0 Å². The Kier molecular flexibility index (Phi) is 4.71. The second-order valence-corrected chi connectivity index (χ2v) is 4.21. The van der Waals surface area contributed by atoms with E-state index in [1.807, 2.05) is 13.8 Å². The summed E-state index contributed by atoms with van der Waals surface area (Å²) in [5.41, 5.74) is 1.05. The molecule has 0 aliphatic rings. The minimum Gasteiger partial charge on any atom is -0.478 e. The maximum Gasteiger partial charge on any atom is 0.338 e. The van der Waals surface area contributed by atoms with E-state index in [0.717, 1.165) is 6.42 Å². The fraction of sp³-hybridized carbons (Fsp3) is 0.385. The van der Waals surface area contributed by atoms with Gasteiger partial charge in [0, 0.05) is 6.04 Å². The van der Waals surface area contributed by atoms with E-state index in [9.17, 15) is 9.59 Å². The number of rotatable bonds is 4. The van der Waals surface area contributed by atoms with Crippen LogP contribution in [0.1, 0.15) is 36.2 Å². The highest BCUT2D eigenvalue weighted by Gasteiger charge is 2.15. The highest BCUT2D eigenvalue weighted by atomic mass is 16.4. The summed E-state index contributed by atoms with van der Waals surface area (Å²) in [6.07, 6.45) is 0.813. The number of carbonyl (C=O) groups excluding carboxylic acids is 1. The summed E-state index contributed by atoms with van der Waals surface area (Å²) in [6, 6.07) is 4.63. The van der Waals surface area contributed by atoms with Crippen molar-refractivity contribution in [3.05, 3.63) is 29.3 Å². The number of carboxylic acid groups (broad SMARTS) is 1. The van der Waals surface area contributed by atoms with Gasteiger partial charge in [0.05, 0.1) is 11.3 Å². The van der Waals surface area contributed by atoms with E-state index < -0.39 is 12.0 Å². The molecule has 0 heterocycles. The molecule has 1 aromatic rings. The predicted octanol–water partition coefficient (Wildman–Crippen LogP) is 2.61. The molecule has 0 fully saturated rings. The molecule has 5 heteroatoms. The Morgan fingerprint density at radius 2 is 2.06 bits per heavy atom. The fourth-order valence-corrected chi connectivity index (χ4v) is 1.54. The Morgan fingerprint density at radius 1 is 1.39 bits per heavy atom. The number of nitrogens with one attached hydrogen (secondary N) is 2. The van der Waals surface area contributed by atoms with Gasteiger partial charge >= 0.3 is 12.0 Å². The second kappa shape index (κ2) is 6.05. The summed E-state index contributed by atoms with van der Waals surface area (Å²) < 4.78 is 0. The zero-order valence-electron chi connectivity index (χ0n) is 10.8. The van der Waals surface area contributed by atoms with Crippen LogP contribution in [0.25, 0.3) is 0 Å². The van der Waals surface area contributed by atoms with Gasteiger partial charge in [-0.1, -0.05) is 19.1 Å². The lowest BCUT2D eigenvalue weighted by molar-refractivity contribution is 0.0697. The second-order valence-electron chi connectivity index (χ2n) is 4.21. The summed E-state index contributed by atoms with van der Waals surface area (Å²) in [6.45, 7) is 5.54. The van der Waals surface area contributed by atoms with Crippen LogP contribution in [0.5, 0.6) is 0 Å². The van der Waals surface area contributed by atoms with Gasteiger partial charge in [0.25, 0.3) is 0 Å². The zero-order valence-corrected chi connectivity index (χ0v) is 10.8. The van der Waals surface area contributed by atoms with Crippen LogP contribution < -0.4 is 10.6 Å². The van der Waals surface area contributed by atoms with E-state index >= 15 is 0 Å². The number of aromatic carboxylic acids is 1. The molecule has 0 radical (unpaired) electrons. The normalized spacial score (nSPS) is 11.7. The van der Waals surface area contributed by atoms with Gasteiger partial charge < -0.3 is 15.7 Å². The van der Waals surface area contributed by atoms with Crippen molar-refractivity contribution in [1.29, 1.82) is 0 Å². The van der Waals surface area contributed by atoms with Crippen LogP contribution in [0.2, 0.25) is 0 Å². The minimum atomic E-state index is -1.05. The topological polar surface area (TPSA) is 78.4 Å². The molecule has 2 amide bonds. The van der Waals surface area contributed by atoms with Gasteiger partial charge in [-0.25, -0.2) is 9.59 Å². The molecule has 0 aliphatic heterocycles. The van der Waals surface area contributed by atoms with Crippen LogP contribution in [0, 0.1) is 6.92 Å². The first-order chi connectivity index (χ1) is 8.45. The molecule has 1 aromatic carbocycles. The van der Waals surface area contributed by atoms with Crippen molar-refractivity contribution in [3.8, 4) is 0 Å². The van der Waals surface area contributed by atoms with Crippen LogP contribution >= 0.6 is 0 Å². The van der Waals surface area contributed by atoms with E-state index in [4.69, 9.17) is 5.11 Å². The SMILES string of the molecule is CCC(C)NC(=O)Nc1cccc(C)c1C(=O)O. The van der Waals surface area contributed by atoms with Gasteiger partial charge in [-0.15, -0.1) is 0 Å². The molecule has 18 heavy (non-hydrogen) atoms. The number of carboxylic acids is 1. The third-order valence-electron chi connectivity index (χ3n) is 2.72. The molecule has 0 spiro atoms. The summed E-state index contributed by atoms with van der Waals surface area (Å²) in [7, 11) is 0. The molecule has 1 atom stereocenters. The van der Waals surface area contributed by atoms with Crippen LogP contribution in [0.4, 0.5) is 10.5 Å². The third kappa shape index (κ3) is 3.48. The van der Waals surface area contributed by atoms with Crippen molar-refractivity contribution in [2.75, 3.05) is 5.32 Å². The van der Waals surface area contributed by atoms with Crippen LogP contribution in [0.3, 0.4) is 0 Å². The molecule has 0 saturated heterocycles. The third-order valence-corrected chi connectivity index (χ3v) is 2.72.